The van der Waals surface area contributed by atoms with Gasteiger partial charge in [0.05, 0.1) is 16.4 Å². The Balaban J connectivity index is 1.88. The summed E-state index contributed by atoms with van der Waals surface area (Å²) < 4.78 is 13.6. The van der Waals surface area contributed by atoms with Gasteiger partial charge in [-0.15, -0.1) is 11.3 Å². The van der Waals surface area contributed by atoms with Crippen LogP contribution in [0.15, 0.2) is 29.9 Å². The highest BCUT2D eigenvalue weighted by Crippen LogP contribution is 2.23. The van der Waals surface area contributed by atoms with Gasteiger partial charge in [0.2, 0.25) is 5.95 Å². The van der Waals surface area contributed by atoms with E-state index in [2.05, 4.69) is 20.3 Å². The van der Waals surface area contributed by atoms with Gasteiger partial charge in [0, 0.05) is 12.7 Å². The number of aromatic carboxylic acids is 1. The molecule has 8 heteroatoms. The van der Waals surface area contributed by atoms with Gasteiger partial charge >= 0.3 is 5.97 Å². The molecule has 0 aliphatic rings. The van der Waals surface area contributed by atoms with Crippen molar-refractivity contribution in [2.45, 2.75) is 6.54 Å². The molecule has 0 unspecified atom stereocenters. The average Bonchev–Trinajstić information content (AvgIpc) is 2.92. The Morgan fingerprint density at radius 1 is 1.38 bits per heavy atom. The highest BCUT2D eigenvalue weighted by atomic mass is 32.1. The van der Waals surface area contributed by atoms with Crippen LogP contribution in [0.4, 0.5) is 10.3 Å². The number of rotatable bonds is 4. The third-order valence-corrected chi connectivity index (χ3v) is 3.63. The monoisotopic (exact) mass is 304 g/mol. The smallest absolute Gasteiger partial charge is 0.356 e. The van der Waals surface area contributed by atoms with E-state index in [9.17, 15) is 14.3 Å². The quantitative estimate of drug-likeness (QED) is 0.770. The standard InChI is InChI=1S/C13H9FN4O2S/c14-8-3-7(4-15-6-8)5-16-13-17-9-1-2-21-11(9)10(18-13)12(19)20/h1-4,6H,5H2,(H,19,20)(H,16,17,18). The van der Waals surface area contributed by atoms with Crippen molar-refractivity contribution in [3.8, 4) is 0 Å². The SMILES string of the molecule is O=C(O)c1nc(NCc2cncc(F)c2)nc2ccsc12. The van der Waals surface area contributed by atoms with Crippen molar-refractivity contribution in [3.63, 3.8) is 0 Å². The Kier molecular flexibility index (Phi) is 3.44. The molecular weight excluding hydrogens is 295 g/mol. The van der Waals surface area contributed by atoms with Gasteiger partial charge in [-0.3, -0.25) is 4.98 Å². The van der Waals surface area contributed by atoms with Crippen molar-refractivity contribution in [1.82, 2.24) is 15.0 Å². The van der Waals surface area contributed by atoms with E-state index in [4.69, 9.17) is 0 Å². The molecule has 21 heavy (non-hydrogen) atoms. The molecule has 106 valence electrons. The lowest BCUT2D eigenvalue weighted by Crippen LogP contribution is -2.08. The van der Waals surface area contributed by atoms with Crippen molar-refractivity contribution in [1.29, 1.82) is 0 Å². The number of hydrogen-bond acceptors (Lipinski definition) is 6. The molecule has 6 nitrogen and oxygen atoms in total. The zero-order valence-corrected chi connectivity index (χ0v) is 11.4. The molecule has 3 rings (SSSR count). The maximum Gasteiger partial charge on any atom is 0.356 e. The number of carboxylic acids is 1. The van der Waals surface area contributed by atoms with Crippen molar-refractivity contribution < 1.29 is 14.3 Å². The minimum Gasteiger partial charge on any atom is -0.476 e. The van der Waals surface area contributed by atoms with E-state index in [0.29, 0.717) is 15.8 Å². The number of pyridine rings is 1. The van der Waals surface area contributed by atoms with E-state index in [0.717, 1.165) is 6.20 Å². The van der Waals surface area contributed by atoms with Gasteiger partial charge in [-0.1, -0.05) is 0 Å². The van der Waals surface area contributed by atoms with Crippen LogP contribution in [0.1, 0.15) is 16.1 Å². The number of nitrogens with one attached hydrogen (secondary N) is 1. The second-order valence-corrected chi connectivity index (χ2v) is 5.12. The van der Waals surface area contributed by atoms with Crippen LogP contribution < -0.4 is 5.32 Å². The van der Waals surface area contributed by atoms with Crippen LogP contribution in [0.2, 0.25) is 0 Å². The van der Waals surface area contributed by atoms with Gasteiger partial charge in [0.1, 0.15) is 5.82 Å². The molecule has 0 aliphatic heterocycles. The Labute approximate surface area is 122 Å². The van der Waals surface area contributed by atoms with Gasteiger partial charge < -0.3 is 10.4 Å². The van der Waals surface area contributed by atoms with Crippen LogP contribution in [0.3, 0.4) is 0 Å². The number of nitrogens with zero attached hydrogens (tertiary/aromatic N) is 3. The van der Waals surface area contributed by atoms with Crippen LogP contribution in [0.5, 0.6) is 0 Å². The summed E-state index contributed by atoms with van der Waals surface area (Å²) in [6, 6.07) is 3.06. The van der Waals surface area contributed by atoms with E-state index in [1.165, 1.54) is 23.6 Å². The molecule has 0 spiro atoms. The topological polar surface area (TPSA) is 88.0 Å². The molecule has 0 saturated heterocycles. The summed E-state index contributed by atoms with van der Waals surface area (Å²) in [5.74, 6) is -1.36. The second-order valence-electron chi connectivity index (χ2n) is 4.20. The van der Waals surface area contributed by atoms with Gasteiger partial charge in [0.15, 0.2) is 5.69 Å². The van der Waals surface area contributed by atoms with Crippen LogP contribution in [0, 0.1) is 5.82 Å². The molecule has 0 saturated carbocycles. The number of hydrogen-bond donors (Lipinski definition) is 2. The first-order valence-corrected chi connectivity index (χ1v) is 6.83. The highest BCUT2D eigenvalue weighted by Gasteiger charge is 2.14. The van der Waals surface area contributed by atoms with Gasteiger partial charge in [-0.25, -0.2) is 19.2 Å². The fourth-order valence-electron chi connectivity index (χ4n) is 1.82. The first-order valence-electron chi connectivity index (χ1n) is 5.95. The van der Waals surface area contributed by atoms with E-state index in [1.54, 1.807) is 11.4 Å². The predicted molar refractivity (Wildman–Crippen MR) is 75.9 cm³/mol. The number of anilines is 1. The largest absolute Gasteiger partial charge is 0.476 e. The maximum absolute atomic E-state index is 13.0. The molecule has 3 heterocycles. The van der Waals surface area contributed by atoms with Crippen molar-refractivity contribution in [3.05, 3.63) is 47.0 Å². The van der Waals surface area contributed by atoms with Crippen LogP contribution >= 0.6 is 11.3 Å². The third kappa shape index (κ3) is 2.79. The van der Waals surface area contributed by atoms with E-state index in [-0.39, 0.29) is 18.2 Å². The number of halogens is 1. The number of carboxylic acid groups (broad SMARTS) is 1. The van der Waals surface area contributed by atoms with Gasteiger partial charge in [-0.05, 0) is 23.1 Å². The maximum atomic E-state index is 13.0. The summed E-state index contributed by atoms with van der Waals surface area (Å²) in [6.07, 6.45) is 2.62. The Morgan fingerprint density at radius 3 is 3.00 bits per heavy atom. The summed E-state index contributed by atoms with van der Waals surface area (Å²) in [5.41, 5.74) is 1.13. The van der Waals surface area contributed by atoms with E-state index in [1.807, 2.05) is 0 Å². The van der Waals surface area contributed by atoms with Gasteiger partial charge in [0.25, 0.3) is 0 Å². The Hall–Kier alpha value is -2.61. The fourth-order valence-corrected chi connectivity index (χ4v) is 2.63. The number of carbonyl (C=O) groups is 1. The van der Waals surface area contributed by atoms with Crippen LogP contribution in [-0.2, 0) is 6.54 Å². The lowest BCUT2D eigenvalue weighted by molar-refractivity contribution is 0.0693. The number of thiophene rings is 1. The predicted octanol–water partition coefficient (Wildman–Crippen LogP) is 2.54. The average molecular weight is 304 g/mol. The molecule has 0 aromatic carbocycles. The van der Waals surface area contributed by atoms with E-state index >= 15 is 0 Å². The van der Waals surface area contributed by atoms with E-state index < -0.39 is 11.8 Å². The molecule has 0 aliphatic carbocycles. The zero-order chi connectivity index (χ0) is 14.8. The summed E-state index contributed by atoms with van der Waals surface area (Å²) in [6.45, 7) is 0.249. The molecule has 0 atom stereocenters. The molecular formula is C13H9FN4O2S. The number of fused-ring (bicyclic) bond motifs is 1. The molecule has 0 fully saturated rings. The number of aromatic nitrogens is 3. The minimum atomic E-state index is -1.11. The normalized spacial score (nSPS) is 10.7. The third-order valence-electron chi connectivity index (χ3n) is 2.72. The summed E-state index contributed by atoms with van der Waals surface area (Å²) in [7, 11) is 0. The Bertz CT molecular complexity index is 821. The zero-order valence-electron chi connectivity index (χ0n) is 10.6. The van der Waals surface area contributed by atoms with Crippen LogP contribution in [-0.4, -0.2) is 26.0 Å². The summed E-state index contributed by atoms with van der Waals surface area (Å²) in [4.78, 5) is 23.2. The molecule has 3 aromatic heterocycles. The second kappa shape index (κ2) is 5.41. The highest BCUT2D eigenvalue weighted by molar-refractivity contribution is 7.17. The minimum absolute atomic E-state index is 0.0464. The van der Waals surface area contributed by atoms with Crippen molar-refractivity contribution in [2.75, 3.05) is 5.32 Å². The van der Waals surface area contributed by atoms with Crippen molar-refractivity contribution >= 4 is 33.5 Å². The summed E-state index contributed by atoms with van der Waals surface area (Å²) in [5, 5.41) is 13.8. The van der Waals surface area contributed by atoms with Gasteiger partial charge in [-0.2, -0.15) is 0 Å². The summed E-state index contributed by atoms with van der Waals surface area (Å²) >= 11 is 1.27. The fraction of sp³-hybridized carbons (Fsp3) is 0.0769. The van der Waals surface area contributed by atoms with Crippen molar-refractivity contribution in [2.24, 2.45) is 0 Å². The lowest BCUT2D eigenvalue weighted by Gasteiger charge is -2.06. The lowest BCUT2D eigenvalue weighted by atomic mass is 10.3. The molecule has 0 radical (unpaired) electrons. The molecule has 2 N–H and O–H groups in total. The first-order chi connectivity index (χ1) is 10.1. The molecule has 0 amide bonds. The Morgan fingerprint density at radius 2 is 2.24 bits per heavy atom. The molecule has 3 aromatic rings. The first kappa shape index (κ1) is 13.4. The van der Waals surface area contributed by atoms with Crippen LogP contribution in [0.25, 0.3) is 10.2 Å². The molecule has 0 bridgehead atoms.